The van der Waals surface area contributed by atoms with Gasteiger partial charge in [-0.25, -0.2) is 0 Å². The molecule has 1 heterocycles. The van der Waals surface area contributed by atoms with E-state index in [0.29, 0.717) is 6.04 Å². The van der Waals surface area contributed by atoms with E-state index < -0.39 is 0 Å². The molecule has 3 atom stereocenters. The highest BCUT2D eigenvalue weighted by Gasteiger charge is 2.42. The van der Waals surface area contributed by atoms with Crippen molar-refractivity contribution in [2.75, 3.05) is 13.7 Å². The van der Waals surface area contributed by atoms with Gasteiger partial charge in [-0.3, -0.25) is 0 Å². The van der Waals surface area contributed by atoms with Gasteiger partial charge in [0.15, 0.2) is 0 Å². The van der Waals surface area contributed by atoms with E-state index in [1.807, 2.05) is 0 Å². The molecule has 20 heavy (non-hydrogen) atoms. The SMILES string of the molecule is CCCCC(CC)C(NC)C1CCOC2(CCCC2)C1. The lowest BCUT2D eigenvalue weighted by atomic mass is 9.75. The summed E-state index contributed by atoms with van der Waals surface area (Å²) in [5.41, 5.74) is 0.265. The molecule has 1 aliphatic carbocycles. The van der Waals surface area contributed by atoms with Crippen LogP contribution in [0.3, 0.4) is 0 Å². The first-order valence-corrected chi connectivity index (χ1v) is 9.06. The van der Waals surface area contributed by atoms with E-state index in [2.05, 4.69) is 26.2 Å². The predicted octanol–water partition coefficient (Wildman–Crippen LogP) is 4.53. The van der Waals surface area contributed by atoms with Crippen molar-refractivity contribution in [2.24, 2.45) is 11.8 Å². The van der Waals surface area contributed by atoms with Crippen LogP contribution in [0, 0.1) is 11.8 Å². The zero-order valence-corrected chi connectivity index (χ0v) is 13.9. The van der Waals surface area contributed by atoms with Crippen LogP contribution < -0.4 is 5.32 Å². The molecule has 0 amide bonds. The van der Waals surface area contributed by atoms with E-state index in [1.165, 1.54) is 64.2 Å². The van der Waals surface area contributed by atoms with Crippen LogP contribution in [0.2, 0.25) is 0 Å². The van der Waals surface area contributed by atoms with Crippen molar-refractivity contribution in [3.8, 4) is 0 Å². The lowest BCUT2D eigenvalue weighted by Gasteiger charge is -2.43. The Hall–Kier alpha value is -0.0800. The van der Waals surface area contributed by atoms with E-state index in [4.69, 9.17) is 4.74 Å². The number of unbranched alkanes of at least 4 members (excludes halogenated alkanes) is 1. The molecule has 118 valence electrons. The van der Waals surface area contributed by atoms with Crippen LogP contribution in [0.25, 0.3) is 0 Å². The molecule has 2 rings (SSSR count). The highest BCUT2D eigenvalue weighted by Crippen LogP contribution is 2.44. The standard InChI is InChI=1S/C18H35NO/c1-4-6-9-15(5-2)17(19-3)16-10-13-20-18(14-16)11-7-8-12-18/h15-17,19H,4-14H2,1-3H3. The van der Waals surface area contributed by atoms with Crippen LogP contribution in [0.1, 0.15) is 78.1 Å². The Bertz CT molecular complexity index is 273. The molecule has 0 aromatic carbocycles. The molecule has 1 saturated heterocycles. The summed E-state index contributed by atoms with van der Waals surface area (Å²) in [4.78, 5) is 0. The third-order valence-corrected chi connectivity index (χ3v) is 5.85. The predicted molar refractivity (Wildman–Crippen MR) is 86.0 cm³/mol. The van der Waals surface area contributed by atoms with Gasteiger partial charge in [0.05, 0.1) is 5.60 Å². The molecule has 0 bridgehead atoms. The monoisotopic (exact) mass is 281 g/mol. The summed E-state index contributed by atoms with van der Waals surface area (Å²) in [6.07, 6.45) is 13.4. The highest BCUT2D eigenvalue weighted by atomic mass is 16.5. The lowest BCUT2D eigenvalue weighted by molar-refractivity contribution is -0.101. The first-order valence-electron chi connectivity index (χ1n) is 9.06. The Morgan fingerprint density at radius 1 is 1.25 bits per heavy atom. The molecule has 2 heteroatoms. The maximum Gasteiger partial charge on any atom is 0.0685 e. The Kier molecular flexibility index (Phi) is 6.35. The fourth-order valence-electron chi connectivity index (χ4n) is 4.70. The number of hydrogen-bond donors (Lipinski definition) is 1. The smallest absolute Gasteiger partial charge is 0.0685 e. The third kappa shape index (κ3) is 3.76. The number of ether oxygens (including phenoxy) is 1. The summed E-state index contributed by atoms with van der Waals surface area (Å²) >= 11 is 0. The van der Waals surface area contributed by atoms with Crippen LogP contribution in [-0.4, -0.2) is 25.3 Å². The molecule has 3 unspecified atom stereocenters. The number of hydrogen-bond acceptors (Lipinski definition) is 2. The molecule has 0 aromatic rings. The van der Waals surface area contributed by atoms with Crippen LogP contribution in [0.15, 0.2) is 0 Å². The summed E-state index contributed by atoms with van der Waals surface area (Å²) in [6.45, 7) is 5.67. The van der Waals surface area contributed by atoms with E-state index in [9.17, 15) is 0 Å². The van der Waals surface area contributed by atoms with Crippen LogP contribution in [-0.2, 0) is 4.74 Å². The Morgan fingerprint density at radius 2 is 2.00 bits per heavy atom. The Labute approximate surface area is 126 Å². The van der Waals surface area contributed by atoms with Gasteiger partial charge in [0.1, 0.15) is 0 Å². The highest BCUT2D eigenvalue weighted by molar-refractivity contribution is 4.95. The van der Waals surface area contributed by atoms with E-state index in [0.717, 1.165) is 18.4 Å². The zero-order chi connectivity index (χ0) is 14.4. The molecule has 1 aliphatic heterocycles. The van der Waals surface area contributed by atoms with Crippen LogP contribution in [0.5, 0.6) is 0 Å². The Balaban J connectivity index is 1.98. The molecule has 1 N–H and O–H groups in total. The van der Waals surface area contributed by atoms with E-state index in [1.54, 1.807) is 0 Å². The average Bonchev–Trinajstić information content (AvgIpc) is 2.91. The second-order valence-corrected chi connectivity index (χ2v) is 7.12. The summed E-state index contributed by atoms with van der Waals surface area (Å²) in [6, 6.07) is 0.702. The van der Waals surface area contributed by atoms with E-state index in [-0.39, 0.29) is 5.60 Å². The van der Waals surface area contributed by atoms with Crippen LogP contribution >= 0.6 is 0 Å². The molecule has 2 nitrogen and oxygen atoms in total. The first kappa shape index (κ1) is 16.3. The molecule has 2 fully saturated rings. The molecule has 1 saturated carbocycles. The van der Waals surface area contributed by atoms with Crippen molar-refractivity contribution in [1.82, 2.24) is 5.32 Å². The van der Waals surface area contributed by atoms with Gasteiger partial charge in [0.2, 0.25) is 0 Å². The van der Waals surface area contributed by atoms with Crippen molar-refractivity contribution in [3.63, 3.8) is 0 Å². The van der Waals surface area contributed by atoms with Crippen LogP contribution in [0.4, 0.5) is 0 Å². The van der Waals surface area contributed by atoms with Crippen molar-refractivity contribution >= 4 is 0 Å². The molecule has 1 spiro atoms. The summed E-state index contributed by atoms with van der Waals surface area (Å²) in [7, 11) is 2.18. The molecular weight excluding hydrogens is 246 g/mol. The minimum absolute atomic E-state index is 0.265. The third-order valence-electron chi connectivity index (χ3n) is 5.85. The van der Waals surface area contributed by atoms with E-state index >= 15 is 0 Å². The van der Waals surface area contributed by atoms with Crippen molar-refractivity contribution in [3.05, 3.63) is 0 Å². The lowest BCUT2D eigenvalue weighted by Crippen LogP contribution is -2.47. The second-order valence-electron chi connectivity index (χ2n) is 7.12. The zero-order valence-electron chi connectivity index (χ0n) is 13.9. The van der Waals surface area contributed by atoms with Gasteiger partial charge in [-0.2, -0.15) is 0 Å². The minimum atomic E-state index is 0.265. The van der Waals surface area contributed by atoms with Gasteiger partial charge in [-0.1, -0.05) is 46.0 Å². The number of rotatable bonds is 7. The molecule has 0 radical (unpaired) electrons. The van der Waals surface area contributed by atoms with Gasteiger partial charge >= 0.3 is 0 Å². The van der Waals surface area contributed by atoms with Gasteiger partial charge in [0.25, 0.3) is 0 Å². The van der Waals surface area contributed by atoms with Crippen molar-refractivity contribution in [2.45, 2.75) is 89.7 Å². The second kappa shape index (κ2) is 7.79. The maximum atomic E-state index is 6.22. The molecule has 0 aromatic heterocycles. The Morgan fingerprint density at radius 3 is 2.60 bits per heavy atom. The fourth-order valence-corrected chi connectivity index (χ4v) is 4.70. The van der Waals surface area contributed by atoms with Gasteiger partial charge < -0.3 is 10.1 Å². The van der Waals surface area contributed by atoms with Crippen molar-refractivity contribution < 1.29 is 4.74 Å². The maximum absolute atomic E-state index is 6.22. The largest absolute Gasteiger partial charge is 0.375 e. The topological polar surface area (TPSA) is 21.3 Å². The van der Waals surface area contributed by atoms with Gasteiger partial charge in [-0.05, 0) is 51.0 Å². The first-order chi connectivity index (χ1) is 9.74. The summed E-state index contributed by atoms with van der Waals surface area (Å²) < 4.78 is 6.22. The summed E-state index contributed by atoms with van der Waals surface area (Å²) in [5.74, 6) is 1.68. The summed E-state index contributed by atoms with van der Waals surface area (Å²) in [5, 5.41) is 3.68. The number of nitrogens with one attached hydrogen (secondary N) is 1. The van der Waals surface area contributed by atoms with Gasteiger partial charge in [-0.15, -0.1) is 0 Å². The van der Waals surface area contributed by atoms with Gasteiger partial charge in [0, 0.05) is 12.6 Å². The quantitative estimate of drug-likeness (QED) is 0.740. The van der Waals surface area contributed by atoms with Crippen molar-refractivity contribution in [1.29, 1.82) is 0 Å². The minimum Gasteiger partial charge on any atom is -0.375 e. The molecular formula is C18H35NO. The fraction of sp³-hybridized carbons (Fsp3) is 1.00. The average molecular weight is 281 g/mol. The molecule has 2 aliphatic rings. The normalized spacial score (nSPS) is 28.6.